The van der Waals surface area contributed by atoms with Gasteiger partial charge in [-0.15, -0.1) is 0 Å². The van der Waals surface area contributed by atoms with E-state index in [0.717, 1.165) is 0 Å². The van der Waals surface area contributed by atoms with Crippen LogP contribution in [-0.4, -0.2) is 39.9 Å². The zero-order valence-corrected chi connectivity index (χ0v) is 28.0. The van der Waals surface area contributed by atoms with Crippen LogP contribution < -0.4 is 44.5 Å². The average Bonchev–Trinajstić information content (AvgIpc) is 3.17. The Morgan fingerprint density at radius 3 is 0.857 bits per heavy atom. The molecule has 0 fully saturated rings. The number of nitrogens with one attached hydrogen (secondary N) is 8. The molecule has 6 aromatic carbocycles. The zero-order chi connectivity index (χ0) is 38.0. The van der Waals surface area contributed by atoms with Crippen molar-refractivity contribution in [3.63, 3.8) is 0 Å². The van der Waals surface area contributed by atoms with Gasteiger partial charge in [0.2, 0.25) is 0 Å². The number of pyridine rings is 4. The van der Waals surface area contributed by atoms with E-state index >= 15 is 0 Å². The molecule has 0 radical (unpaired) electrons. The third-order valence-electron chi connectivity index (χ3n) is 11.1. The number of benzene rings is 6. The van der Waals surface area contributed by atoms with E-state index in [1.54, 1.807) is 48.5 Å². The number of hydrogen-bond acceptors (Lipinski definition) is 8. The average molecular weight is 739 g/mol. The molecule has 6 aromatic heterocycles. The first-order chi connectivity index (χ1) is 27.1. The van der Waals surface area contributed by atoms with Gasteiger partial charge in [0.15, 0.2) is 0 Å². The maximum Gasteiger partial charge on any atom is 0.260 e. The van der Waals surface area contributed by atoms with Crippen molar-refractivity contribution in [1.29, 1.82) is 0 Å². The highest BCUT2D eigenvalue weighted by Gasteiger charge is 2.29. The van der Waals surface area contributed by atoms with Crippen molar-refractivity contribution < 1.29 is 0 Å². The van der Waals surface area contributed by atoms with Crippen molar-refractivity contribution in [3.8, 4) is 11.1 Å². The molecule has 0 spiro atoms. The van der Waals surface area contributed by atoms with Crippen LogP contribution in [0.1, 0.15) is 0 Å². The molecule has 0 unspecified atom stereocenters. The Morgan fingerprint density at radius 1 is 0.268 bits per heavy atom. The van der Waals surface area contributed by atoms with Crippen molar-refractivity contribution in [2.45, 2.75) is 0 Å². The van der Waals surface area contributed by atoms with Crippen LogP contribution in [0.5, 0.6) is 0 Å². The Labute approximate surface area is 302 Å². The molecule has 6 heterocycles. The van der Waals surface area contributed by atoms with Crippen LogP contribution in [0, 0.1) is 0 Å². The van der Waals surface area contributed by atoms with Gasteiger partial charge in [-0.3, -0.25) is 58.3 Å². The molecule has 0 atom stereocenters. The largest absolute Gasteiger partial charge is 0.351 e. The van der Waals surface area contributed by atoms with Crippen molar-refractivity contribution in [3.05, 3.63) is 143 Å². The summed E-state index contributed by atoms with van der Waals surface area (Å²) < 4.78 is 0. The normalized spacial score (nSPS) is 12.5. The van der Waals surface area contributed by atoms with Gasteiger partial charge in [0, 0.05) is 32.3 Å². The quantitative estimate of drug-likeness (QED) is 0.0913. The minimum absolute atomic E-state index is 0.000705. The van der Waals surface area contributed by atoms with Gasteiger partial charge >= 0.3 is 0 Å². The molecule has 16 heteroatoms. The maximum atomic E-state index is 14.2. The molecule has 16 nitrogen and oxygen atoms in total. The number of aromatic nitrogens is 8. The first kappa shape index (κ1) is 30.1. The molecular formula is C40H18N8O8. The highest BCUT2D eigenvalue weighted by molar-refractivity contribution is 6.37. The van der Waals surface area contributed by atoms with Gasteiger partial charge in [-0.2, -0.15) is 0 Å². The first-order valence-electron chi connectivity index (χ1n) is 17.2. The Hall–Kier alpha value is -8.40. The zero-order valence-electron chi connectivity index (χ0n) is 28.0. The van der Waals surface area contributed by atoms with Crippen LogP contribution in [0.4, 0.5) is 0 Å². The topological polar surface area (TPSA) is 263 Å². The van der Waals surface area contributed by atoms with Crippen LogP contribution >= 0.6 is 0 Å². The van der Waals surface area contributed by atoms with E-state index < -0.39 is 44.5 Å². The van der Waals surface area contributed by atoms with E-state index in [-0.39, 0.29) is 97.8 Å². The molecule has 12 aromatic rings. The van der Waals surface area contributed by atoms with Crippen LogP contribution in [0.2, 0.25) is 0 Å². The van der Waals surface area contributed by atoms with E-state index in [1.165, 1.54) is 12.1 Å². The standard InChI is InChI=1S/C40H18N8O8/c49-33-13-9-11(21-23-19(13)25(37(53)45-33)29-31(27(23)39(55)47-35(21)51)43-17-7-3-1-5-15(17)41-29)12-10-14-20-24-22(12)36(52)48-40(56)28(24)32-30(26(20)38(54)46-34(14)50)42-16-6-2-4-8-18(16)44-32/h1-10,41-44H,(H,45,49,53)(H,46,50,54)(H,47,51,55)(H,48,52,56). The number of fused-ring (bicyclic) bond motifs is 8. The summed E-state index contributed by atoms with van der Waals surface area (Å²) in [4.78, 5) is 134. The van der Waals surface area contributed by atoms with Crippen LogP contribution in [0.3, 0.4) is 0 Å². The summed E-state index contributed by atoms with van der Waals surface area (Å²) >= 11 is 0. The molecule has 0 aliphatic heterocycles. The summed E-state index contributed by atoms with van der Waals surface area (Å²) in [6.45, 7) is 0. The van der Waals surface area contributed by atoms with Crippen LogP contribution in [-0.2, 0) is 0 Å². The van der Waals surface area contributed by atoms with Gasteiger partial charge in [0.1, 0.15) is 0 Å². The van der Waals surface area contributed by atoms with Gasteiger partial charge in [0.05, 0.1) is 76.5 Å². The Bertz CT molecular complexity index is 4090. The van der Waals surface area contributed by atoms with Crippen molar-refractivity contribution in [2.24, 2.45) is 0 Å². The SMILES string of the molecule is O=c1[nH]c(=O)c2c3[nH]c4ccccc4[nH]c3c3c(=O)[nH]c(=O)c4c(-c5cc6c(=O)[nH]c(=O)c7c8[nH]c9ccccc9[nH]c8c8c(=O)[nH]c(=O)c5c8c67)cc1c2c43. The minimum Gasteiger partial charge on any atom is -0.351 e. The maximum absolute atomic E-state index is 14.2. The predicted molar refractivity (Wildman–Crippen MR) is 214 cm³/mol. The summed E-state index contributed by atoms with van der Waals surface area (Å²) in [5.74, 6) is 0. The molecule has 0 aliphatic rings. The summed E-state index contributed by atoms with van der Waals surface area (Å²) in [5.41, 5.74) is -3.72. The van der Waals surface area contributed by atoms with E-state index in [4.69, 9.17) is 0 Å². The Kier molecular flexibility index (Phi) is 5.25. The highest BCUT2D eigenvalue weighted by Crippen LogP contribution is 2.44. The molecule has 0 aliphatic carbocycles. The molecule has 0 bridgehead atoms. The monoisotopic (exact) mass is 738 g/mol. The first-order valence-corrected chi connectivity index (χ1v) is 17.2. The molecule has 56 heavy (non-hydrogen) atoms. The van der Waals surface area contributed by atoms with Gasteiger partial charge in [-0.1, -0.05) is 24.3 Å². The fourth-order valence-electron chi connectivity index (χ4n) is 8.91. The van der Waals surface area contributed by atoms with Crippen molar-refractivity contribution in [2.75, 3.05) is 0 Å². The van der Waals surface area contributed by atoms with Gasteiger partial charge < -0.3 is 19.9 Å². The lowest BCUT2D eigenvalue weighted by Crippen LogP contribution is -2.26. The summed E-state index contributed by atoms with van der Waals surface area (Å²) in [7, 11) is 0. The number of hydrogen-bond donors (Lipinski definition) is 8. The van der Waals surface area contributed by atoms with E-state index in [1.807, 2.05) is 0 Å². The van der Waals surface area contributed by atoms with E-state index in [0.29, 0.717) is 22.1 Å². The van der Waals surface area contributed by atoms with Crippen molar-refractivity contribution in [1.82, 2.24) is 39.9 Å². The molecule has 8 N–H and O–H groups in total. The lowest BCUT2D eigenvalue weighted by atomic mass is 9.86. The molecular weight excluding hydrogens is 720 g/mol. The fourth-order valence-corrected chi connectivity index (χ4v) is 8.91. The van der Waals surface area contributed by atoms with E-state index in [9.17, 15) is 38.4 Å². The second kappa shape index (κ2) is 9.77. The highest BCUT2D eigenvalue weighted by atomic mass is 16.2. The number of H-pyrrole nitrogens is 8. The van der Waals surface area contributed by atoms with E-state index in [2.05, 4.69) is 39.9 Å². The summed E-state index contributed by atoms with van der Waals surface area (Å²) in [5, 5.41) is -0.616. The predicted octanol–water partition coefficient (Wildman–Crippen LogP) is 3.27. The second-order valence-electron chi connectivity index (χ2n) is 13.9. The molecule has 0 amide bonds. The number of aromatic amines is 8. The third kappa shape index (κ3) is 3.47. The van der Waals surface area contributed by atoms with Crippen LogP contribution in [0.15, 0.2) is 99.0 Å². The smallest absolute Gasteiger partial charge is 0.260 e. The van der Waals surface area contributed by atoms with Gasteiger partial charge in [0.25, 0.3) is 44.5 Å². The summed E-state index contributed by atoms with van der Waals surface area (Å²) in [6, 6.07) is 16.8. The molecule has 266 valence electrons. The number of para-hydroxylation sites is 4. The van der Waals surface area contributed by atoms with Gasteiger partial charge in [-0.05, 0) is 47.5 Å². The second-order valence-corrected chi connectivity index (χ2v) is 13.9. The molecule has 0 saturated carbocycles. The molecule has 12 rings (SSSR count). The van der Waals surface area contributed by atoms with Crippen molar-refractivity contribution >= 4 is 109 Å². The van der Waals surface area contributed by atoms with Crippen LogP contribution in [0.25, 0.3) is 120 Å². The third-order valence-corrected chi connectivity index (χ3v) is 11.1. The Morgan fingerprint density at radius 2 is 0.536 bits per heavy atom. The Balaban J connectivity index is 1.39. The van der Waals surface area contributed by atoms with Gasteiger partial charge in [-0.25, -0.2) is 0 Å². The fraction of sp³-hybridized carbons (Fsp3) is 0. The number of rotatable bonds is 1. The lowest BCUT2D eigenvalue weighted by Gasteiger charge is -2.19. The lowest BCUT2D eigenvalue weighted by molar-refractivity contribution is 1.21. The summed E-state index contributed by atoms with van der Waals surface area (Å²) in [6.07, 6.45) is 0. The molecule has 0 saturated heterocycles. The minimum atomic E-state index is -0.903.